The molecule has 0 aliphatic rings. The van der Waals surface area contributed by atoms with E-state index >= 15 is 0 Å². The minimum atomic E-state index is -0.0771. The van der Waals surface area contributed by atoms with E-state index in [9.17, 15) is 0 Å². The Balaban J connectivity index is 1.69. The zero-order chi connectivity index (χ0) is 19.0. The molecule has 0 unspecified atom stereocenters. The normalized spacial score (nSPS) is 11.4. The first-order chi connectivity index (χ1) is 12.9. The van der Waals surface area contributed by atoms with Crippen molar-refractivity contribution in [1.29, 1.82) is 0 Å². The van der Waals surface area contributed by atoms with Crippen LogP contribution in [0.4, 0.5) is 5.82 Å². The molecule has 4 aromatic rings. The predicted molar refractivity (Wildman–Crippen MR) is 109 cm³/mol. The lowest BCUT2D eigenvalue weighted by molar-refractivity contribution is 0.625. The van der Waals surface area contributed by atoms with Crippen molar-refractivity contribution in [3.8, 4) is 22.4 Å². The Morgan fingerprint density at radius 1 is 1.11 bits per heavy atom. The molecule has 0 bridgehead atoms. The van der Waals surface area contributed by atoms with Gasteiger partial charge in [-0.3, -0.25) is 4.68 Å². The number of thiophene rings is 1. The lowest BCUT2D eigenvalue weighted by Gasteiger charge is -2.22. The van der Waals surface area contributed by atoms with E-state index in [1.54, 1.807) is 22.2 Å². The molecule has 27 heavy (non-hydrogen) atoms. The maximum Gasteiger partial charge on any atom is 0.158 e. The van der Waals surface area contributed by atoms with Crippen molar-refractivity contribution in [3.05, 3.63) is 53.3 Å². The van der Waals surface area contributed by atoms with Crippen LogP contribution in [-0.2, 0) is 7.05 Å². The summed E-state index contributed by atoms with van der Waals surface area (Å²) in [5.41, 5.74) is 2.41. The third-order valence-electron chi connectivity index (χ3n) is 3.75. The van der Waals surface area contributed by atoms with E-state index in [1.165, 1.54) is 0 Å². The highest BCUT2D eigenvalue weighted by Gasteiger charge is 2.15. The van der Waals surface area contributed by atoms with E-state index in [4.69, 9.17) is 4.98 Å². The highest BCUT2D eigenvalue weighted by Crippen LogP contribution is 2.29. The lowest BCUT2D eigenvalue weighted by Crippen LogP contribution is -2.27. The van der Waals surface area contributed by atoms with Gasteiger partial charge in [0.05, 0.1) is 21.6 Å². The zero-order valence-corrected chi connectivity index (χ0v) is 16.5. The first kappa shape index (κ1) is 17.3. The minimum Gasteiger partial charge on any atom is -0.365 e. The number of rotatable bonds is 2. The molecule has 0 aliphatic carbocycles. The average Bonchev–Trinajstić information content (AvgIpc) is 3.31. The molecular formula is C20H20N6S. The number of nitrogens with one attached hydrogen (secondary N) is 1. The van der Waals surface area contributed by atoms with Crippen LogP contribution in [0.25, 0.3) is 16.2 Å². The molecule has 4 heterocycles. The summed E-state index contributed by atoms with van der Waals surface area (Å²) < 4.78 is 3.57. The summed E-state index contributed by atoms with van der Waals surface area (Å²) in [6.07, 6.45) is 3.65. The van der Waals surface area contributed by atoms with Crippen LogP contribution in [0.15, 0.2) is 42.7 Å². The Labute approximate surface area is 161 Å². The van der Waals surface area contributed by atoms with Crippen molar-refractivity contribution in [2.75, 3.05) is 5.32 Å². The van der Waals surface area contributed by atoms with Crippen LogP contribution in [0, 0.1) is 11.8 Å². The van der Waals surface area contributed by atoms with Crippen LogP contribution < -0.4 is 5.32 Å². The highest BCUT2D eigenvalue weighted by atomic mass is 32.1. The Kier molecular flexibility index (Phi) is 4.21. The maximum atomic E-state index is 4.74. The van der Waals surface area contributed by atoms with Crippen molar-refractivity contribution in [1.82, 2.24) is 24.4 Å². The van der Waals surface area contributed by atoms with Gasteiger partial charge in [-0.1, -0.05) is 0 Å². The van der Waals surface area contributed by atoms with Crippen LogP contribution in [-0.4, -0.2) is 29.9 Å². The lowest BCUT2D eigenvalue weighted by atomic mass is 10.1. The number of aryl methyl sites for hydroxylation is 1. The van der Waals surface area contributed by atoms with Gasteiger partial charge in [0.25, 0.3) is 0 Å². The van der Waals surface area contributed by atoms with E-state index in [0.717, 1.165) is 32.6 Å². The summed E-state index contributed by atoms with van der Waals surface area (Å²) >= 11 is 1.62. The molecule has 0 atom stereocenters. The van der Waals surface area contributed by atoms with Crippen LogP contribution in [0.5, 0.6) is 0 Å². The van der Waals surface area contributed by atoms with Crippen molar-refractivity contribution in [2.45, 2.75) is 26.3 Å². The summed E-state index contributed by atoms with van der Waals surface area (Å²) in [4.78, 5) is 6.79. The molecule has 0 radical (unpaired) electrons. The maximum absolute atomic E-state index is 4.74. The van der Waals surface area contributed by atoms with E-state index in [2.05, 4.69) is 54.2 Å². The van der Waals surface area contributed by atoms with Gasteiger partial charge in [0.15, 0.2) is 5.65 Å². The number of aromatic nitrogens is 5. The fraction of sp³-hybridized carbons (Fsp3) is 0.250. The number of anilines is 1. The van der Waals surface area contributed by atoms with Gasteiger partial charge in [-0.05, 0) is 50.8 Å². The van der Waals surface area contributed by atoms with Crippen LogP contribution in [0.1, 0.15) is 31.3 Å². The van der Waals surface area contributed by atoms with Gasteiger partial charge in [-0.2, -0.15) is 14.7 Å². The summed E-state index contributed by atoms with van der Waals surface area (Å²) in [5.74, 6) is 7.20. The average molecular weight is 376 g/mol. The van der Waals surface area contributed by atoms with Gasteiger partial charge < -0.3 is 5.32 Å². The summed E-state index contributed by atoms with van der Waals surface area (Å²) in [7, 11) is 1.88. The van der Waals surface area contributed by atoms with Crippen LogP contribution >= 0.6 is 11.3 Å². The summed E-state index contributed by atoms with van der Waals surface area (Å²) in [6, 6.07) is 9.93. The molecule has 0 aliphatic heterocycles. The second-order valence-electron chi connectivity index (χ2n) is 7.29. The number of fused-ring (bicyclic) bond motifs is 1. The van der Waals surface area contributed by atoms with Crippen molar-refractivity contribution in [3.63, 3.8) is 0 Å². The van der Waals surface area contributed by atoms with Crippen LogP contribution in [0.2, 0.25) is 0 Å². The zero-order valence-electron chi connectivity index (χ0n) is 15.7. The molecule has 7 heteroatoms. The molecule has 136 valence electrons. The molecule has 1 N–H and O–H groups in total. The fourth-order valence-corrected chi connectivity index (χ4v) is 3.48. The summed E-state index contributed by atoms with van der Waals surface area (Å²) in [6.45, 7) is 6.37. The Morgan fingerprint density at radius 2 is 1.96 bits per heavy atom. The van der Waals surface area contributed by atoms with Gasteiger partial charge in [0, 0.05) is 30.9 Å². The molecule has 0 saturated heterocycles. The van der Waals surface area contributed by atoms with E-state index < -0.39 is 0 Å². The van der Waals surface area contributed by atoms with Crippen molar-refractivity contribution < 1.29 is 0 Å². The molecule has 0 amide bonds. The van der Waals surface area contributed by atoms with Gasteiger partial charge in [-0.25, -0.2) is 4.98 Å². The minimum absolute atomic E-state index is 0.0771. The molecule has 0 aromatic carbocycles. The third kappa shape index (κ3) is 3.86. The van der Waals surface area contributed by atoms with Gasteiger partial charge >= 0.3 is 0 Å². The number of hydrogen-bond donors (Lipinski definition) is 1. The van der Waals surface area contributed by atoms with Crippen molar-refractivity contribution >= 4 is 22.8 Å². The molecule has 6 nitrogen and oxygen atoms in total. The molecule has 0 spiro atoms. The van der Waals surface area contributed by atoms with Gasteiger partial charge in [0.1, 0.15) is 11.5 Å². The smallest absolute Gasteiger partial charge is 0.158 e. The second kappa shape index (κ2) is 6.56. The Hall–Kier alpha value is -3.11. The fourth-order valence-electron chi connectivity index (χ4n) is 2.66. The molecule has 4 rings (SSSR count). The molecular weight excluding hydrogens is 356 g/mol. The second-order valence-corrected chi connectivity index (χ2v) is 8.38. The van der Waals surface area contributed by atoms with Gasteiger partial charge in [0.2, 0.25) is 0 Å². The monoisotopic (exact) mass is 376 g/mol. The van der Waals surface area contributed by atoms with E-state index in [0.29, 0.717) is 0 Å². The Morgan fingerprint density at radius 3 is 2.70 bits per heavy atom. The molecule has 4 aromatic heterocycles. The molecule has 0 saturated carbocycles. The quantitative estimate of drug-likeness (QED) is 0.541. The summed E-state index contributed by atoms with van der Waals surface area (Å²) in [5, 5.41) is 12.2. The molecule has 0 fully saturated rings. The van der Waals surface area contributed by atoms with E-state index in [-0.39, 0.29) is 5.54 Å². The third-order valence-corrected chi connectivity index (χ3v) is 4.77. The number of hydrogen-bond acceptors (Lipinski definition) is 5. The largest absolute Gasteiger partial charge is 0.365 e. The standard InChI is InChI=1S/C20H20N6S/c1-20(2,3)23-19-13-16(22-18-9-11-21-26(18)19)17-8-7-15(27-17)6-5-14-10-12-25(4)24-14/h7-13,23H,1-4H3. The topological polar surface area (TPSA) is 60.0 Å². The van der Waals surface area contributed by atoms with Gasteiger partial charge in [-0.15, -0.1) is 11.3 Å². The van der Waals surface area contributed by atoms with E-state index in [1.807, 2.05) is 42.0 Å². The Bertz CT molecular complexity index is 1160. The SMILES string of the molecule is Cn1ccc(C#Cc2ccc(-c3cc(NC(C)(C)C)n4nccc4n3)s2)n1. The first-order valence-electron chi connectivity index (χ1n) is 8.62. The van der Waals surface area contributed by atoms with Crippen LogP contribution in [0.3, 0.4) is 0 Å². The first-order valence-corrected chi connectivity index (χ1v) is 9.44. The highest BCUT2D eigenvalue weighted by molar-refractivity contribution is 7.16. The number of nitrogens with zero attached hydrogens (tertiary/aromatic N) is 5. The van der Waals surface area contributed by atoms with Crippen molar-refractivity contribution in [2.24, 2.45) is 7.05 Å². The predicted octanol–water partition coefficient (Wildman–Crippen LogP) is 3.80.